The van der Waals surface area contributed by atoms with Crippen molar-refractivity contribution in [2.75, 3.05) is 25.5 Å². The number of amides is 1. The van der Waals surface area contributed by atoms with Gasteiger partial charge in [0, 0.05) is 23.7 Å². The van der Waals surface area contributed by atoms with Crippen molar-refractivity contribution in [3.63, 3.8) is 0 Å². The zero-order valence-corrected chi connectivity index (χ0v) is 17.9. The normalized spacial score (nSPS) is 27.6. The van der Waals surface area contributed by atoms with Gasteiger partial charge in [-0.2, -0.15) is 5.26 Å². The van der Waals surface area contributed by atoms with Gasteiger partial charge in [-0.3, -0.25) is 14.5 Å². The van der Waals surface area contributed by atoms with Crippen molar-refractivity contribution in [2.45, 2.75) is 18.4 Å². The van der Waals surface area contributed by atoms with E-state index in [0.29, 0.717) is 26.9 Å². The number of benzene rings is 2. The van der Waals surface area contributed by atoms with Gasteiger partial charge in [0.1, 0.15) is 0 Å². The fraction of sp³-hybridized carbons (Fsp3) is 0.318. The lowest BCUT2D eigenvalue weighted by Crippen LogP contribution is -2.58. The molecule has 2 heterocycles. The molecule has 30 heavy (non-hydrogen) atoms. The summed E-state index contributed by atoms with van der Waals surface area (Å²) in [7, 11) is 1.74. The Labute approximate surface area is 184 Å². The number of esters is 1. The number of ether oxygens (including phenoxy) is 1. The zero-order valence-electron chi connectivity index (χ0n) is 16.4. The van der Waals surface area contributed by atoms with Gasteiger partial charge in [-0.05, 0) is 37.7 Å². The highest BCUT2D eigenvalue weighted by Crippen LogP contribution is 2.62. The van der Waals surface area contributed by atoms with Crippen molar-refractivity contribution in [1.29, 1.82) is 5.26 Å². The van der Waals surface area contributed by atoms with Crippen LogP contribution in [0.5, 0.6) is 0 Å². The van der Waals surface area contributed by atoms with E-state index in [4.69, 9.17) is 27.9 Å². The lowest BCUT2D eigenvalue weighted by atomic mass is 9.61. The Bertz CT molecular complexity index is 1100. The molecule has 2 aromatic carbocycles. The van der Waals surface area contributed by atoms with E-state index in [1.54, 1.807) is 61.3 Å². The maximum atomic E-state index is 13.5. The minimum atomic E-state index is -1.83. The summed E-state index contributed by atoms with van der Waals surface area (Å²) < 4.78 is 5.40. The molecule has 0 unspecified atom stereocenters. The second kappa shape index (κ2) is 7.28. The van der Waals surface area contributed by atoms with Crippen LogP contribution < -0.4 is 5.32 Å². The standard InChI is InChI=1S/C22H19Cl2N3O3/c1-3-30-20(29)21(12-25)15(13-8-9-16(23)17(24)10-13)11-27(2)22(21)14-6-4-5-7-18(14)26-19(22)28/h4-10,15H,3,11H2,1-2H3,(H,26,28)/t15-,21+,22+/m1/s1. The molecule has 0 aliphatic carbocycles. The number of carbonyl (C=O) groups excluding carboxylic acids is 2. The van der Waals surface area contributed by atoms with E-state index in [1.165, 1.54) is 0 Å². The number of rotatable bonds is 3. The Balaban J connectivity index is 2.04. The molecule has 2 aliphatic rings. The van der Waals surface area contributed by atoms with E-state index in [-0.39, 0.29) is 13.2 Å². The first kappa shape index (κ1) is 20.7. The van der Waals surface area contributed by atoms with Crippen LogP contribution in [0.3, 0.4) is 0 Å². The molecule has 1 spiro atoms. The lowest BCUT2D eigenvalue weighted by molar-refractivity contribution is -0.161. The fourth-order valence-electron chi connectivity index (χ4n) is 4.94. The first-order chi connectivity index (χ1) is 14.3. The summed E-state index contributed by atoms with van der Waals surface area (Å²) in [5.74, 6) is -1.83. The highest BCUT2D eigenvalue weighted by molar-refractivity contribution is 6.42. The van der Waals surface area contributed by atoms with Gasteiger partial charge in [-0.1, -0.05) is 47.5 Å². The topological polar surface area (TPSA) is 82.4 Å². The van der Waals surface area contributed by atoms with Gasteiger partial charge in [0.15, 0.2) is 11.0 Å². The van der Waals surface area contributed by atoms with E-state index < -0.39 is 28.7 Å². The van der Waals surface area contributed by atoms with Crippen LogP contribution in [-0.2, 0) is 19.9 Å². The second-order valence-corrected chi connectivity index (χ2v) is 8.27. The highest BCUT2D eigenvalue weighted by atomic mass is 35.5. The molecule has 2 aromatic rings. The average Bonchev–Trinajstić information content (AvgIpc) is 3.18. The van der Waals surface area contributed by atoms with E-state index >= 15 is 0 Å². The van der Waals surface area contributed by atoms with E-state index in [1.807, 2.05) is 0 Å². The molecule has 1 N–H and O–H groups in total. The number of nitrogens with zero attached hydrogens (tertiary/aromatic N) is 2. The summed E-state index contributed by atoms with van der Waals surface area (Å²) in [6.45, 7) is 2.02. The van der Waals surface area contributed by atoms with Crippen molar-refractivity contribution in [1.82, 2.24) is 4.90 Å². The molecule has 8 heteroatoms. The summed E-state index contributed by atoms with van der Waals surface area (Å²) in [6, 6.07) is 14.3. The van der Waals surface area contributed by atoms with Gasteiger partial charge in [0.2, 0.25) is 0 Å². The molecule has 0 saturated carbocycles. The van der Waals surface area contributed by atoms with Gasteiger partial charge in [-0.15, -0.1) is 0 Å². The number of nitrogens with one attached hydrogen (secondary N) is 1. The molecular formula is C22H19Cl2N3O3. The van der Waals surface area contributed by atoms with Crippen LogP contribution in [0.4, 0.5) is 5.69 Å². The molecule has 0 bridgehead atoms. The Morgan fingerprint density at radius 3 is 2.70 bits per heavy atom. The minimum absolute atomic E-state index is 0.0828. The van der Waals surface area contributed by atoms with Crippen LogP contribution in [0.25, 0.3) is 0 Å². The van der Waals surface area contributed by atoms with Gasteiger partial charge in [-0.25, -0.2) is 0 Å². The first-order valence-electron chi connectivity index (χ1n) is 9.50. The van der Waals surface area contributed by atoms with Crippen LogP contribution in [0.1, 0.15) is 24.0 Å². The van der Waals surface area contributed by atoms with E-state index in [9.17, 15) is 14.9 Å². The van der Waals surface area contributed by atoms with Crippen LogP contribution in [0, 0.1) is 16.7 Å². The van der Waals surface area contributed by atoms with Gasteiger partial charge < -0.3 is 10.1 Å². The minimum Gasteiger partial charge on any atom is -0.465 e. The van der Waals surface area contributed by atoms with Crippen LogP contribution >= 0.6 is 23.2 Å². The number of carbonyl (C=O) groups is 2. The molecule has 154 valence electrons. The van der Waals surface area contributed by atoms with Crippen LogP contribution in [-0.4, -0.2) is 37.0 Å². The van der Waals surface area contributed by atoms with Crippen molar-refractivity contribution < 1.29 is 14.3 Å². The predicted molar refractivity (Wildman–Crippen MR) is 113 cm³/mol. The maximum Gasteiger partial charge on any atom is 0.330 e. The number of likely N-dealkylation sites (tertiary alicyclic amines) is 1. The van der Waals surface area contributed by atoms with Gasteiger partial charge in [0.05, 0.1) is 22.7 Å². The number of nitriles is 1. The first-order valence-corrected chi connectivity index (χ1v) is 10.3. The quantitative estimate of drug-likeness (QED) is 0.726. The van der Waals surface area contributed by atoms with E-state index in [0.717, 1.165) is 0 Å². The molecular weight excluding hydrogens is 425 g/mol. The summed E-state index contributed by atoms with van der Waals surface area (Å²) in [5, 5.41) is 14.1. The molecule has 4 rings (SSSR count). The van der Waals surface area contributed by atoms with Crippen LogP contribution in [0.15, 0.2) is 42.5 Å². The molecule has 2 aliphatic heterocycles. The Morgan fingerprint density at radius 2 is 2.03 bits per heavy atom. The lowest BCUT2D eigenvalue weighted by Gasteiger charge is -2.40. The number of likely N-dealkylation sites (N-methyl/N-ethyl adjacent to an activating group) is 1. The van der Waals surface area contributed by atoms with Crippen LogP contribution in [0.2, 0.25) is 10.0 Å². The zero-order chi connectivity index (χ0) is 21.7. The average molecular weight is 444 g/mol. The Kier molecular flexibility index (Phi) is 5.01. The summed E-state index contributed by atoms with van der Waals surface area (Å²) >= 11 is 12.3. The predicted octanol–water partition coefficient (Wildman–Crippen LogP) is 3.94. The molecule has 0 radical (unpaired) electrons. The van der Waals surface area contributed by atoms with Crippen molar-refractivity contribution in [2.24, 2.45) is 5.41 Å². The Hall–Kier alpha value is -2.59. The number of hydrogen-bond donors (Lipinski definition) is 1. The van der Waals surface area contributed by atoms with Crippen molar-refractivity contribution >= 4 is 40.8 Å². The summed E-state index contributed by atoms with van der Waals surface area (Å²) in [5.41, 5.74) is -1.57. The molecule has 3 atom stereocenters. The smallest absolute Gasteiger partial charge is 0.330 e. The summed E-state index contributed by atoms with van der Waals surface area (Å²) in [4.78, 5) is 28.7. The van der Waals surface area contributed by atoms with Crippen molar-refractivity contribution in [3.05, 3.63) is 63.6 Å². The molecule has 1 fully saturated rings. The van der Waals surface area contributed by atoms with Crippen molar-refractivity contribution in [3.8, 4) is 6.07 Å². The monoisotopic (exact) mass is 443 g/mol. The third-order valence-electron chi connectivity index (χ3n) is 6.14. The summed E-state index contributed by atoms with van der Waals surface area (Å²) in [6.07, 6.45) is 0. The SMILES string of the molecule is CCOC(=O)[C@]1(C#N)[C@@H](c2ccc(Cl)c(Cl)c2)CN(C)[C@@]12C(=O)Nc1ccccc12. The molecule has 1 saturated heterocycles. The van der Waals surface area contributed by atoms with Gasteiger partial charge in [0.25, 0.3) is 5.91 Å². The highest BCUT2D eigenvalue weighted by Gasteiger charge is 2.75. The van der Waals surface area contributed by atoms with Gasteiger partial charge >= 0.3 is 5.97 Å². The fourth-order valence-corrected chi connectivity index (χ4v) is 5.24. The number of hydrogen-bond acceptors (Lipinski definition) is 5. The maximum absolute atomic E-state index is 13.5. The Morgan fingerprint density at radius 1 is 1.30 bits per heavy atom. The third kappa shape index (κ3) is 2.46. The van der Waals surface area contributed by atoms with E-state index in [2.05, 4.69) is 11.4 Å². The number of fused-ring (bicyclic) bond motifs is 2. The number of halogens is 2. The number of anilines is 1. The number of para-hydroxylation sites is 1. The third-order valence-corrected chi connectivity index (χ3v) is 6.87. The molecule has 0 aromatic heterocycles. The second-order valence-electron chi connectivity index (χ2n) is 7.46. The molecule has 6 nitrogen and oxygen atoms in total. The largest absolute Gasteiger partial charge is 0.465 e. The molecule has 1 amide bonds.